The summed E-state index contributed by atoms with van der Waals surface area (Å²) >= 11 is 7.27. The summed E-state index contributed by atoms with van der Waals surface area (Å²) in [5.41, 5.74) is 0.968. The molecule has 0 saturated carbocycles. The van der Waals surface area contributed by atoms with Crippen LogP contribution in [0, 0.1) is 12.8 Å². The smallest absolute Gasteiger partial charge is 0.241 e. The molecule has 2 N–H and O–H groups in total. The lowest BCUT2D eigenvalue weighted by Crippen LogP contribution is -2.47. The lowest BCUT2D eigenvalue weighted by Gasteiger charge is -2.20. The number of sulfonamides is 1. The Morgan fingerprint density at radius 1 is 1.15 bits per heavy atom. The van der Waals surface area contributed by atoms with Gasteiger partial charge in [-0.15, -0.1) is 11.3 Å². The quantitative estimate of drug-likeness (QED) is 0.691. The van der Waals surface area contributed by atoms with Gasteiger partial charge in [0, 0.05) is 4.88 Å². The maximum atomic E-state index is 12.6. The van der Waals surface area contributed by atoms with Gasteiger partial charge in [-0.2, -0.15) is 4.72 Å². The predicted molar refractivity (Wildman–Crippen MR) is 106 cm³/mol. The summed E-state index contributed by atoms with van der Waals surface area (Å²) in [6.07, 6.45) is 0.405. The van der Waals surface area contributed by atoms with E-state index in [1.165, 1.54) is 23.5 Å². The SMILES string of the molecule is Cc1ccc(S(=O)(=O)NC(CC(C)C)C(=O)NCc2ccc(Cl)s2)cc1. The van der Waals surface area contributed by atoms with Gasteiger partial charge in [-0.25, -0.2) is 8.42 Å². The molecule has 0 saturated heterocycles. The highest BCUT2D eigenvalue weighted by molar-refractivity contribution is 7.89. The Hall–Kier alpha value is -1.41. The van der Waals surface area contributed by atoms with Crippen molar-refractivity contribution in [2.75, 3.05) is 0 Å². The zero-order valence-electron chi connectivity index (χ0n) is 15.0. The second-order valence-electron chi connectivity index (χ2n) is 6.54. The molecule has 2 aromatic rings. The van der Waals surface area contributed by atoms with E-state index in [1.807, 2.05) is 26.8 Å². The molecule has 1 atom stereocenters. The topological polar surface area (TPSA) is 75.3 Å². The zero-order valence-corrected chi connectivity index (χ0v) is 17.3. The fourth-order valence-corrected chi connectivity index (χ4v) is 4.63. The van der Waals surface area contributed by atoms with Crippen molar-refractivity contribution in [2.24, 2.45) is 5.92 Å². The molecule has 0 spiro atoms. The van der Waals surface area contributed by atoms with E-state index in [9.17, 15) is 13.2 Å². The van der Waals surface area contributed by atoms with Gasteiger partial charge >= 0.3 is 0 Å². The van der Waals surface area contributed by atoms with Crippen LogP contribution in [0.15, 0.2) is 41.3 Å². The van der Waals surface area contributed by atoms with Crippen LogP contribution in [0.5, 0.6) is 0 Å². The molecule has 1 amide bonds. The molecule has 0 aliphatic carbocycles. The first-order chi connectivity index (χ1) is 12.2. The molecule has 2 rings (SSSR count). The van der Waals surface area contributed by atoms with Crippen LogP contribution in [0.1, 0.15) is 30.7 Å². The second kappa shape index (κ2) is 8.99. The number of thiophene rings is 1. The van der Waals surface area contributed by atoms with Gasteiger partial charge in [0.2, 0.25) is 15.9 Å². The normalized spacial score (nSPS) is 13.0. The van der Waals surface area contributed by atoms with Crippen molar-refractivity contribution in [3.05, 3.63) is 51.2 Å². The van der Waals surface area contributed by atoms with Gasteiger partial charge in [0.1, 0.15) is 6.04 Å². The minimum Gasteiger partial charge on any atom is -0.350 e. The first-order valence-corrected chi connectivity index (χ1v) is 11.0. The number of halogens is 1. The average Bonchev–Trinajstić information content (AvgIpc) is 2.97. The summed E-state index contributed by atoms with van der Waals surface area (Å²) in [4.78, 5) is 13.6. The van der Waals surface area contributed by atoms with Crippen molar-refractivity contribution in [3.8, 4) is 0 Å². The standard InChI is InChI=1S/C18H23ClN2O3S2/c1-12(2)10-16(18(22)20-11-14-6-9-17(19)25-14)21-26(23,24)15-7-4-13(3)5-8-15/h4-9,12,16,21H,10-11H2,1-3H3,(H,20,22). The summed E-state index contributed by atoms with van der Waals surface area (Å²) in [6.45, 7) is 6.09. The fourth-order valence-electron chi connectivity index (χ4n) is 2.40. The van der Waals surface area contributed by atoms with Crippen LogP contribution in [0.25, 0.3) is 0 Å². The number of benzene rings is 1. The van der Waals surface area contributed by atoms with E-state index in [2.05, 4.69) is 10.0 Å². The minimum atomic E-state index is -3.78. The average molecular weight is 415 g/mol. The van der Waals surface area contributed by atoms with E-state index in [0.717, 1.165) is 10.4 Å². The molecular weight excluding hydrogens is 392 g/mol. The van der Waals surface area contributed by atoms with Crippen molar-refractivity contribution in [1.82, 2.24) is 10.0 Å². The van der Waals surface area contributed by atoms with Crippen molar-refractivity contribution in [2.45, 2.75) is 44.7 Å². The summed E-state index contributed by atoms with van der Waals surface area (Å²) in [5.74, 6) is -0.193. The first-order valence-electron chi connectivity index (χ1n) is 8.28. The van der Waals surface area contributed by atoms with Gasteiger partial charge in [0.05, 0.1) is 15.8 Å². The first kappa shape index (κ1) is 20.9. The van der Waals surface area contributed by atoms with Crippen LogP contribution in [0.3, 0.4) is 0 Å². The van der Waals surface area contributed by atoms with Gasteiger partial charge < -0.3 is 5.32 Å². The summed E-state index contributed by atoms with van der Waals surface area (Å²) in [7, 11) is -3.78. The van der Waals surface area contributed by atoms with Gasteiger partial charge in [-0.1, -0.05) is 43.1 Å². The number of aryl methyl sites for hydroxylation is 1. The van der Waals surface area contributed by atoms with Crippen molar-refractivity contribution in [3.63, 3.8) is 0 Å². The van der Waals surface area contributed by atoms with Crippen LogP contribution in [-0.2, 0) is 21.4 Å². The molecule has 1 aromatic carbocycles. The second-order valence-corrected chi connectivity index (χ2v) is 10.1. The van der Waals surface area contributed by atoms with E-state index in [0.29, 0.717) is 17.3 Å². The van der Waals surface area contributed by atoms with E-state index < -0.39 is 16.1 Å². The highest BCUT2D eigenvalue weighted by Gasteiger charge is 2.26. The minimum absolute atomic E-state index is 0.148. The Bertz CT molecular complexity index is 846. The molecular formula is C18H23ClN2O3S2. The maximum absolute atomic E-state index is 12.6. The van der Waals surface area contributed by atoms with E-state index in [-0.39, 0.29) is 16.7 Å². The van der Waals surface area contributed by atoms with Gasteiger partial charge in [0.25, 0.3) is 0 Å². The number of amides is 1. The van der Waals surface area contributed by atoms with Gasteiger partial charge in [-0.3, -0.25) is 4.79 Å². The molecule has 5 nitrogen and oxygen atoms in total. The van der Waals surface area contributed by atoms with Crippen LogP contribution >= 0.6 is 22.9 Å². The molecule has 8 heteroatoms. The van der Waals surface area contributed by atoms with Crippen LogP contribution < -0.4 is 10.0 Å². The third kappa shape index (κ3) is 6.09. The van der Waals surface area contributed by atoms with Crippen LogP contribution in [0.4, 0.5) is 0 Å². The van der Waals surface area contributed by atoms with Gasteiger partial charge in [0.15, 0.2) is 0 Å². The molecule has 0 radical (unpaired) electrons. The van der Waals surface area contributed by atoms with Crippen molar-refractivity contribution < 1.29 is 13.2 Å². The Labute approximate surface area is 163 Å². The van der Waals surface area contributed by atoms with Gasteiger partial charge in [-0.05, 0) is 43.5 Å². The molecule has 142 valence electrons. The lowest BCUT2D eigenvalue weighted by molar-refractivity contribution is -0.123. The molecule has 0 aliphatic rings. The van der Waals surface area contributed by atoms with E-state index >= 15 is 0 Å². The number of hydrogen-bond acceptors (Lipinski definition) is 4. The summed E-state index contributed by atoms with van der Waals surface area (Å²) in [6, 6.07) is 9.29. The predicted octanol–water partition coefficient (Wildman–Crippen LogP) is 3.72. The third-order valence-corrected chi connectivity index (χ3v) is 6.44. The third-order valence-electron chi connectivity index (χ3n) is 3.72. The molecule has 0 fully saturated rings. The number of rotatable bonds is 8. The molecule has 1 unspecified atom stereocenters. The number of carbonyl (C=O) groups is 1. The summed E-state index contributed by atoms with van der Waals surface area (Å²) < 4.78 is 28.4. The zero-order chi connectivity index (χ0) is 19.3. The molecule has 0 aliphatic heterocycles. The number of nitrogens with one attached hydrogen (secondary N) is 2. The molecule has 1 aromatic heterocycles. The Morgan fingerprint density at radius 2 is 1.81 bits per heavy atom. The highest BCUT2D eigenvalue weighted by Crippen LogP contribution is 2.21. The van der Waals surface area contributed by atoms with Crippen LogP contribution in [-0.4, -0.2) is 20.4 Å². The number of hydrogen-bond donors (Lipinski definition) is 2. The maximum Gasteiger partial charge on any atom is 0.241 e. The van der Waals surface area contributed by atoms with Crippen molar-refractivity contribution in [1.29, 1.82) is 0 Å². The van der Waals surface area contributed by atoms with Crippen molar-refractivity contribution >= 4 is 38.9 Å². The lowest BCUT2D eigenvalue weighted by atomic mass is 10.0. The highest BCUT2D eigenvalue weighted by atomic mass is 35.5. The fraction of sp³-hybridized carbons (Fsp3) is 0.389. The summed E-state index contributed by atoms with van der Waals surface area (Å²) in [5, 5.41) is 2.79. The number of carbonyl (C=O) groups excluding carboxylic acids is 1. The molecule has 1 heterocycles. The largest absolute Gasteiger partial charge is 0.350 e. The Kier molecular flexibility index (Phi) is 7.23. The van der Waals surface area contributed by atoms with Crippen LogP contribution in [0.2, 0.25) is 4.34 Å². The Balaban J connectivity index is 2.10. The van der Waals surface area contributed by atoms with E-state index in [4.69, 9.17) is 11.6 Å². The Morgan fingerprint density at radius 3 is 2.35 bits per heavy atom. The molecule has 0 bridgehead atoms. The van der Waals surface area contributed by atoms with E-state index in [1.54, 1.807) is 18.2 Å². The molecule has 26 heavy (non-hydrogen) atoms. The monoisotopic (exact) mass is 414 g/mol.